The Bertz CT molecular complexity index is 957. The number of aromatic nitrogens is 3. The molecule has 1 saturated carbocycles. The fraction of sp³-hybridized carbons (Fsp3) is 0.522. The number of rotatable bonds is 4. The van der Waals surface area contributed by atoms with E-state index < -0.39 is 5.92 Å². The number of carbonyl (C=O) groups excluding carboxylic acids is 1. The van der Waals surface area contributed by atoms with Gasteiger partial charge in [0, 0.05) is 75.4 Å². The molecule has 2 aromatic rings. The topological polar surface area (TPSA) is 54.3 Å². The third-order valence-corrected chi connectivity index (χ3v) is 6.36. The Labute approximate surface area is 181 Å². The van der Waals surface area contributed by atoms with E-state index in [1.807, 2.05) is 38.5 Å². The van der Waals surface area contributed by atoms with Crippen LogP contribution >= 0.6 is 0 Å². The Hall–Kier alpha value is -2.77. The summed E-state index contributed by atoms with van der Waals surface area (Å²) in [7, 11) is 1.88. The first kappa shape index (κ1) is 21.5. The number of carbonyl (C=O) groups is 1. The SMILES string of the molecule is C=CC.Cn1ccc(-c2cc(N3CC4(C3)CC(F)(F)C4)ncc2C2CCN(C=O)C2)n1. The Morgan fingerprint density at radius 2 is 2.00 bits per heavy atom. The monoisotopic (exact) mass is 429 g/mol. The number of alkyl halides is 2. The van der Waals surface area contributed by atoms with E-state index >= 15 is 0 Å². The summed E-state index contributed by atoms with van der Waals surface area (Å²) < 4.78 is 28.3. The lowest BCUT2D eigenvalue weighted by molar-refractivity contribution is -0.170. The van der Waals surface area contributed by atoms with Crippen LogP contribution in [0.4, 0.5) is 14.6 Å². The first-order chi connectivity index (χ1) is 14.8. The predicted molar refractivity (Wildman–Crippen MR) is 116 cm³/mol. The van der Waals surface area contributed by atoms with E-state index in [0.717, 1.165) is 42.0 Å². The molecule has 3 aliphatic rings. The molecule has 0 N–H and O–H groups in total. The van der Waals surface area contributed by atoms with Crippen LogP contribution in [0.5, 0.6) is 0 Å². The highest BCUT2D eigenvalue weighted by atomic mass is 19.3. The van der Waals surface area contributed by atoms with Gasteiger partial charge in [-0.1, -0.05) is 6.08 Å². The molecule has 1 spiro atoms. The molecule has 31 heavy (non-hydrogen) atoms. The number of aryl methyl sites for hydroxylation is 1. The summed E-state index contributed by atoms with van der Waals surface area (Å²) in [6.07, 6.45) is 7.33. The maximum atomic E-state index is 13.3. The fourth-order valence-electron chi connectivity index (χ4n) is 5.07. The van der Waals surface area contributed by atoms with Crippen molar-refractivity contribution in [3.8, 4) is 11.3 Å². The maximum Gasteiger partial charge on any atom is 0.249 e. The highest BCUT2D eigenvalue weighted by Gasteiger charge is 2.61. The third-order valence-electron chi connectivity index (χ3n) is 6.36. The quantitative estimate of drug-likeness (QED) is 0.547. The summed E-state index contributed by atoms with van der Waals surface area (Å²) in [5.41, 5.74) is 2.75. The van der Waals surface area contributed by atoms with Crippen molar-refractivity contribution in [2.24, 2.45) is 12.5 Å². The zero-order valence-corrected chi connectivity index (χ0v) is 18.1. The summed E-state index contributed by atoms with van der Waals surface area (Å²) in [6.45, 7) is 7.96. The van der Waals surface area contributed by atoms with Crippen molar-refractivity contribution in [2.45, 2.75) is 38.0 Å². The van der Waals surface area contributed by atoms with Gasteiger partial charge in [0.1, 0.15) is 5.82 Å². The molecule has 5 rings (SSSR count). The van der Waals surface area contributed by atoms with Crippen molar-refractivity contribution in [1.29, 1.82) is 0 Å². The van der Waals surface area contributed by atoms with Crippen LogP contribution in [0.1, 0.15) is 37.7 Å². The van der Waals surface area contributed by atoms with Crippen molar-refractivity contribution in [3.63, 3.8) is 0 Å². The van der Waals surface area contributed by atoms with E-state index in [4.69, 9.17) is 0 Å². The third kappa shape index (κ3) is 4.20. The standard InChI is InChI=1S/C20H23F2N5O.C3H6/c1-25-4-3-17(24-25)15-6-18(27-11-19(12-27)9-20(21,22)10-19)23-7-16(15)14-2-5-26(8-14)13-28;1-3-2/h3-4,6-7,13-14H,2,5,8-12H2,1H3;3H,1H2,2H3. The summed E-state index contributed by atoms with van der Waals surface area (Å²) in [6, 6.07) is 4.00. The van der Waals surface area contributed by atoms with Gasteiger partial charge >= 0.3 is 0 Å². The molecule has 2 aromatic heterocycles. The van der Waals surface area contributed by atoms with Crippen LogP contribution in [-0.4, -0.2) is 58.2 Å². The number of amides is 1. The lowest BCUT2D eigenvalue weighted by Crippen LogP contribution is -2.66. The molecule has 8 heteroatoms. The number of anilines is 1. The number of pyridine rings is 1. The first-order valence-corrected chi connectivity index (χ1v) is 10.7. The minimum Gasteiger partial charge on any atom is -0.355 e. The van der Waals surface area contributed by atoms with Gasteiger partial charge < -0.3 is 9.80 Å². The average molecular weight is 430 g/mol. The van der Waals surface area contributed by atoms with Gasteiger partial charge in [-0.2, -0.15) is 5.10 Å². The molecule has 166 valence electrons. The minimum atomic E-state index is -2.49. The molecule has 0 bridgehead atoms. The second kappa shape index (κ2) is 8.05. The highest BCUT2D eigenvalue weighted by molar-refractivity contribution is 5.68. The van der Waals surface area contributed by atoms with E-state index in [1.54, 1.807) is 15.7 Å². The van der Waals surface area contributed by atoms with Crippen molar-refractivity contribution in [1.82, 2.24) is 19.7 Å². The fourth-order valence-corrected chi connectivity index (χ4v) is 5.07. The zero-order valence-electron chi connectivity index (χ0n) is 18.1. The molecule has 1 aliphatic carbocycles. The molecule has 2 saturated heterocycles. The van der Waals surface area contributed by atoms with Crippen LogP contribution in [0, 0.1) is 5.41 Å². The van der Waals surface area contributed by atoms with E-state index in [9.17, 15) is 13.6 Å². The molecule has 0 aromatic carbocycles. The Morgan fingerprint density at radius 1 is 1.29 bits per heavy atom. The normalized spacial score (nSPS) is 22.9. The van der Waals surface area contributed by atoms with Crippen LogP contribution in [-0.2, 0) is 11.8 Å². The number of likely N-dealkylation sites (tertiary alicyclic amines) is 1. The number of nitrogens with zero attached hydrogens (tertiary/aromatic N) is 5. The molecular weight excluding hydrogens is 400 g/mol. The van der Waals surface area contributed by atoms with Crippen molar-refractivity contribution >= 4 is 12.2 Å². The van der Waals surface area contributed by atoms with Crippen molar-refractivity contribution in [2.75, 3.05) is 31.1 Å². The van der Waals surface area contributed by atoms with Gasteiger partial charge in [-0.05, 0) is 31.0 Å². The zero-order chi connectivity index (χ0) is 22.2. The molecule has 2 aliphatic heterocycles. The molecule has 0 radical (unpaired) electrons. The lowest BCUT2D eigenvalue weighted by Gasteiger charge is -2.59. The molecule has 1 unspecified atom stereocenters. The molecule has 3 fully saturated rings. The van der Waals surface area contributed by atoms with Crippen molar-refractivity contribution in [3.05, 3.63) is 42.7 Å². The van der Waals surface area contributed by atoms with Crippen LogP contribution < -0.4 is 4.90 Å². The minimum absolute atomic E-state index is 0.00865. The summed E-state index contributed by atoms with van der Waals surface area (Å²) in [5.74, 6) is -1.44. The molecule has 6 nitrogen and oxygen atoms in total. The highest BCUT2D eigenvalue weighted by Crippen LogP contribution is 2.57. The second-order valence-electron chi connectivity index (χ2n) is 9.06. The van der Waals surface area contributed by atoms with Crippen molar-refractivity contribution < 1.29 is 13.6 Å². The van der Waals surface area contributed by atoms with Gasteiger partial charge in [-0.3, -0.25) is 9.48 Å². The van der Waals surface area contributed by atoms with E-state index in [0.29, 0.717) is 19.6 Å². The van der Waals surface area contributed by atoms with Gasteiger partial charge in [0.05, 0.1) is 5.69 Å². The summed E-state index contributed by atoms with van der Waals surface area (Å²) in [4.78, 5) is 19.6. The van der Waals surface area contributed by atoms with Crippen LogP contribution in [0.15, 0.2) is 37.2 Å². The Morgan fingerprint density at radius 3 is 2.55 bits per heavy atom. The van der Waals surface area contributed by atoms with E-state index in [2.05, 4.69) is 21.6 Å². The van der Waals surface area contributed by atoms with Crippen LogP contribution in [0.3, 0.4) is 0 Å². The molecule has 4 heterocycles. The maximum absolute atomic E-state index is 13.3. The summed E-state index contributed by atoms with van der Waals surface area (Å²) >= 11 is 0. The predicted octanol–water partition coefficient (Wildman–Crippen LogP) is 3.86. The van der Waals surface area contributed by atoms with Gasteiger partial charge in [-0.15, -0.1) is 6.58 Å². The number of allylic oxidation sites excluding steroid dienone is 1. The largest absolute Gasteiger partial charge is 0.355 e. The van der Waals surface area contributed by atoms with Gasteiger partial charge in [0.25, 0.3) is 0 Å². The molecule has 1 atom stereocenters. The van der Waals surface area contributed by atoms with Crippen LogP contribution in [0.25, 0.3) is 11.3 Å². The Kier molecular flexibility index (Phi) is 5.58. The van der Waals surface area contributed by atoms with Gasteiger partial charge in [0.2, 0.25) is 12.3 Å². The van der Waals surface area contributed by atoms with Crippen LogP contribution in [0.2, 0.25) is 0 Å². The number of hydrogen-bond donors (Lipinski definition) is 0. The van der Waals surface area contributed by atoms with E-state index in [-0.39, 0.29) is 24.2 Å². The molecular formula is C23H29F2N5O. The molecule has 1 amide bonds. The van der Waals surface area contributed by atoms with Gasteiger partial charge in [0.15, 0.2) is 0 Å². The lowest BCUT2D eigenvalue weighted by atomic mass is 9.61. The second-order valence-corrected chi connectivity index (χ2v) is 9.06. The summed E-state index contributed by atoms with van der Waals surface area (Å²) in [5, 5.41) is 4.56. The Balaban J connectivity index is 0.000000730. The van der Waals surface area contributed by atoms with E-state index in [1.165, 1.54) is 0 Å². The first-order valence-electron chi connectivity index (χ1n) is 10.7. The number of halogens is 2. The number of hydrogen-bond acceptors (Lipinski definition) is 4. The van der Waals surface area contributed by atoms with Gasteiger partial charge in [-0.25, -0.2) is 13.8 Å². The average Bonchev–Trinajstić information content (AvgIpc) is 3.33. The smallest absolute Gasteiger partial charge is 0.249 e.